The Bertz CT molecular complexity index is 605. The highest BCUT2D eigenvalue weighted by Crippen LogP contribution is 2.24. The maximum absolute atomic E-state index is 9.41. The lowest BCUT2D eigenvalue weighted by atomic mass is 9.94. The lowest BCUT2D eigenvalue weighted by Gasteiger charge is -2.33. The molecule has 1 saturated carbocycles. The third kappa shape index (κ3) is 3.79. The van der Waals surface area contributed by atoms with E-state index < -0.39 is 0 Å². The Hall–Kier alpha value is -1.72. The summed E-state index contributed by atoms with van der Waals surface area (Å²) in [6, 6.07) is 10.7. The Balaban J connectivity index is 1.76. The van der Waals surface area contributed by atoms with Crippen molar-refractivity contribution in [2.75, 3.05) is 13.2 Å². The molecular formula is C18H26N4O. The zero-order valence-electron chi connectivity index (χ0n) is 13.9. The van der Waals surface area contributed by atoms with Crippen LogP contribution in [-0.2, 0) is 13.6 Å². The topological polar surface area (TPSA) is 54.2 Å². The second-order valence-electron chi connectivity index (χ2n) is 6.35. The van der Waals surface area contributed by atoms with E-state index in [0.717, 1.165) is 23.8 Å². The zero-order chi connectivity index (χ0) is 16.1. The van der Waals surface area contributed by atoms with Crippen molar-refractivity contribution in [1.29, 1.82) is 0 Å². The molecule has 0 amide bonds. The second kappa shape index (κ2) is 7.70. The van der Waals surface area contributed by atoms with Gasteiger partial charge in [0.1, 0.15) is 5.82 Å². The van der Waals surface area contributed by atoms with E-state index in [1.807, 2.05) is 25.2 Å². The SMILES string of the molecule is Cn1c(CN(CCO)C2CCCCC2)nnc1-c1ccccc1. The molecule has 0 radical (unpaired) electrons. The number of benzene rings is 1. The van der Waals surface area contributed by atoms with Crippen LogP contribution in [0.4, 0.5) is 0 Å². The molecule has 0 atom stereocenters. The molecule has 1 aliphatic carbocycles. The molecule has 23 heavy (non-hydrogen) atoms. The maximum atomic E-state index is 9.41. The number of hydrogen-bond acceptors (Lipinski definition) is 4. The van der Waals surface area contributed by atoms with Crippen molar-refractivity contribution in [3.05, 3.63) is 36.2 Å². The third-order valence-electron chi connectivity index (χ3n) is 4.82. The van der Waals surface area contributed by atoms with E-state index in [2.05, 4.69) is 31.8 Å². The summed E-state index contributed by atoms with van der Waals surface area (Å²) in [7, 11) is 2.02. The van der Waals surface area contributed by atoms with Gasteiger partial charge in [0, 0.05) is 25.2 Å². The molecule has 1 aliphatic rings. The maximum Gasteiger partial charge on any atom is 0.163 e. The smallest absolute Gasteiger partial charge is 0.163 e. The monoisotopic (exact) mass is 314 g/mol. The van der Waals surface area contributed by atoms with Gasteiger partial charge in [0.05, 0.1) is 13.2 Å². The summed E-state index contributed by atoms with van der Waals surface area (Å²) in [5.74, 6) is 1.86. The van der Waals surface area contributed by atoms with Crippen LogP contribution < -0.4 is 0 Å². The first-order chi connectivity index (χ1) is 11.3. The van der Waals surface area contributed by atoms with E-state index in [1.165, 1.54) is 32.1 Å². The summed E-state index contributed by atoms with van der Waals surface area (Å²) in [6.07, 6.45) is 6.37. The Morgan fingerprint density at radius 1 is 1.13 bits per heavy atom. The van der Waals surface area contributed by atoms with Crippen LogP contribution in [0.5, 0.6) is 0 Å². The number of aromatic nitrogens is 3. The van der Waals surface area contributed by atoms with Crippen LogP contribution in [0.2, 0.25) is 0 Å². The summed E-state index contributed by atoms with van der Waals surface area (Å²) < 4.78 is 2.07. The molecular weight excluding hydrogens is 288 g/mol. The molecule has 0 spiro atoms. The van der Waals surface area contributed by atoms with Crippen molar-refractivity contribution in [1.82, 2.24) is 19.7 Å². The van der Waals surface area contributed by atoms with Crippen LogP contribution in [0.15, 0.2) is 30.3 Å². The second-order valence-corrected chi connectivity index (χ2v) is 6.35. The van der Waals surface area contributed by atoms with Gasteiger partial charge >= 0.3 is 0 Å². The Labute approximate surface area is 138 Å². The molecule has 1 fully saturated rings. The first-order valence-electron chi connectivity index (χ1n) is 8.58. The molecule has 0 saturated heterocycles. The highest BCUT2D eigenvalue weighted by Gasteiger charge is 2.23. The molecule has 0 unspecified atom stereocenters. The van der Waals surface area contributed by atoms with Crippen molar-refractivity contribution in [2.45, 2.75) is 44.7 Å². The normalized spacial score (nSPS) is 16.1. The van der Waals surface area contributed by atoms with Crippen LogP contribution in [-0.4, -0.2) is 44.0 Å². The number of nitrogens with zero attached hydrogens (tertiary/aromatic N) is 4. The van der Waals surface area contributed by atoms with Crippen molar-refractivity contribution in [2.24, 2.45) is 7.05 Å². The summed E-state index contributed by atoms with van der Waals surface area (Å²) >= 11 is 0. The van der Waals surface area contributed by atoms with Gasteiger partial charge in [-0.1, -0.05) is 49.6 Å². The van der Waals surface area contributed by atoms with E-state index in [0.29, 0.717) is 12.6 Å². The Morgan fingerprint density at radius 2 is 1.87 bits per heavy atom. The summed E-state index contributed by atoms with van der Waals surface area (Å²) in [5.41, 5.74) is 1.08. The van der Waals surface area contributed by atoms with Crippen molar-refractivity contribution in [3.63, 3.8) is 0 Å². The zero-order valence-corrected chi connectivity index (χ0v) is 13.9. The first-order valence-corrected chi connectivity index (χ1v) is 8.58. The molecule has 5 heteroatoms. The molecule has 1 aromatic heterocycles. The van der Waals surface area contributed by atoms with Crippen LogP contribution in [0.1, 0.15) is 37.9 Å². The molecule has 1 aromatic carbocycles. The van der Waals surface area contributed by atoms with Crippen LogP contribution in [0.25, 0.3) is 11.4 Å². The standard InChI is InChI=1S/C18H26N4O/c1-21-17(19-20-18(21)15-8-4-2-5-9-15)14-22(12-13-23)16-10-6-3-7-11-16/h2,4-5,8-9,16,23H,3,6-7,10-14H2,1H3. The average Bonchev–Trinajstić information content (AvgIpc) is 2.97. The minimum Gasteiger partial charge on any atom is -0.395 e. The van der Waals surface area contributed by atoms with Gasteiger partial charge in [-0.25, -0.2) is 0 Å². The van der Waals surface area contributed by atoms with Crippen LogP contribution in [0.3, 0.4) is 0 Å². The van der Waals surface area contributed by atoms with Crippen molar-refractivity contribution >= 4 is 0 Å². The predicted octanol–water partition coefficient (Wildman–Crippen LogP) is 2.61. The van der Waals surface area contributed by atoms with Gasteiger partial charge < -0.3 is 9.67 Å². The Morgan fingerprint density at radius 3 is 2.57 bits per heavy atom. The Kier molecular flexibility index (Phi) is 5.41. The van der Waals surface area contributed by atoms with Gasteiger partial charge in [0.15, 0.2) is 5.82 Å². The molecule has 124 valence electrons. The van der Waals surface area contributed by atoms with Crippen molar-refractivity contribution < 1.29 is 5.11 Å². The third-order valence-corrected chi connectivity index (χ3v) is 4.82. The van der Waals surface area contributed by atoms with Gasteiger partial charge in [0.25, 0.3) is 0 Å². The van der Waals surface area contributed by atoms with E-state index in [4.69, 9.17) is 0 Å². The van der Waals surface area contributed by atoms with Crippen LogP contribution >= 0.6 is 0 Å². The van der Waals surface area contributed by atoms with E-state index in [-0.39, 0.29) is 6.61 Å². The molecule has 1 N–H and O–H groups in total. The fraction of sp³-hybridized carbons (Fsp3) is 0.556. The van der Waals surface area contributed by atoms with Crippen LogP contribution in [0, 0.1) is 0 Å². The van der Waals surface area contributed by atoms with E-state index in [9.17, 15) is 5.11 Å². The average molecular weight is 314 g/mol. The summed E-state index contributed by atoms with van der Waals surface area (Å²) in [4.78, 5) is 2.37. The molecule has 3 rings (SSSR count). The fourth-order valence-electron chi connectivity index (χ4n) is 3.48. The first kappa shape index (κ1) is 16.1. The lowest BCUT2D eigenvalue weighted by molar-refractivity contribution is 0.113. The fourth-order valence-corrected chi connectivity index (χ4v) is 3.48. The molecule has 0 aliphatic heterocycles. The number of rotatable bonds is 6. The van der Waals surface area contributed by atoms with Crippen molar-refractivity contribution in [3.8, 4) is 11.4 Å². The van der Waals surface area contributed by atoms with E-state index >= 15 is 0 Å². The summed E-state index contributed by atoms with van der Waals surface area (Å²) in [5, 5.41) is 18.2. The lowest BCUT2D eigenvalue weighted by Crippen LogP contribution is -2.38. The van der Waals surface area contributed by atoms with Gasteiger partial charge in [0.2, 0.25) is 0 Å². The highest BCUT2D eigenvalue weighted by atomic mass is 16.3. The van der Waals surface area contributed by atoms with Gasteiger partial charge in [-0.05, 0) is 12.8 Å². The number of aliphatic hydroxyl groups excluding tert-OH is 1. The molecule has 2 aromatic rings. The molecule has 5 nitrogen and oxygen atoms in total. The largest absolute Gasteiger partial charge is 0.395 e. The molecule has 0 bridgehead atoms. The number of aliphatic hydroxyl groups is 1. The van der Waals surface area contributed by atoms with Gasteiger partial charge in [-0.3, -0.25) is 4.90 Å². The summed E-state index contributed by atoms with van der Waals surface area (Å²) in [6.45, 7) is 1.65. The molecule has 1 heterocycles. The minimum absolute atomic E-state index is 0.194. The van der Waals surface area contributed by atoms with Gasteiger partial charge in [-0.2, -0.15) is 0 Å². The predicted molar refractivity (Wildman–Crippen MR) is 90.8 cm³/mol. The highest BCUT2D eigenvalue weighted by molar-refractivity contribution is 5.54. The number of hydrogen-bond donors (Lipinski definition) is 1. The quantitative estimate of drug-likeness (QED) is 0.890. The van der Waals surface area contributed by atoms with E-state index in [1.54, 1.807) is 0 Å². The minimum atomic E-state index is 0.194. The van der Waals surface area contributed by atoms with Gasteiger partial charge in [-0.15, -0.1) is 10.2 Å².